The highest BCUT2D eigenvalue weighted by Crippen LogP contribution is 2.25. The SMILES string of the molecule is C/C=C\c1c(C)cccc1B(CC)CB(CC)c1cccc2ccccc12.CC1=CCCc2ccccc21. The number of fused-ring (bicyclic) bond motifs is 2. The summed E-state index contributed by atoms with van der Waals surface area (Å²) in [6.07, 6.45) is 12.8. The van der Waals surface area contributed by atoms with Crippen LogP contribution in [0.2, 0.25) is 18.9 Å². The van der Waals surface area contributed by atoms with Gasteiger partial charge in [-0.25, -0.2) is 0 Å². The first kappa shape index (κ1) is 27.8. The molecule has 1 aliphatic carbocycles. The van der Waals surface area contributed by atoms with Crippen molar-refractivity contribution in [1.29, 1.82) is 0 Å². The van der Waals surface area contributed by atoms with E-state index in [2.05, 4.69) is 138 Å². The van der Waals surface area contributed by atoms with Crippen LogP contribution in [0.3, 0.4) is 0 Å². The Morgan fingerprint density at radius 3 is 2.16 bits per heavy atom. The van der Waals surface area contributed by atoms with E-state index in [1.54, 1.807) is 0 Å². The number of allylic oxidation sites excluding steroid dienone is 3. The molecule has 0 radical (unpaired) electrons. The maximum atomic E-state index is 2.34. The minimum Gasteiger partial charge on any atom is -0.0871 e. The molecule has 0 N–H and O–H groups in total. The summed E-state index contributed by atoms with van der Waals surface area (Å²) in [5.74, 6) is 0. The van der Waals surface area contributed by atoms with E-state index >= 15 is 0 Å². The van der Waals surface area contributed by atoms with Gasteiger partial charge < -0.3 is 0 Å². The van der Waals surface area contributed by atoms with Gasteiger partial charge in [0.15, 0.2) is 13.4 Å². The number of rotatable bonds is 7. The smallest absolute Gasteiger partial charge is 0.0871 e. The van der Waals surface area contributed by atoms with Crippen molar-refractivity contribution in [2.45, 2.75) is 66.3 Å². The van der Waals surface area contributed by atoms with Crippen LogP contribution in [-0.4, -0.2) is 13.4 Å². The Kier molecular flexibility index (Phi) is 9.88. The van der Waals surface area contributed by atoms with Crippen LogP contribution in [0.15, 0.2) is 97.1 Å². The second kappa shape index (κ2) is 13.5. The van der Waals surface area contributed by atoms with Crippen LogP contribution in [0.5, 0.6) is 0 Å². The van der Waals surface area contributed by atoms with Crippen LogP contribution in [0, 0.1) is 6.92 Å². The van der Waals surface area contributed by atoms with Gasteiger partial charge in [-0.2, -0.15) is 0 Å². The molecule has 0 saturated heterocycles. The topological polar surface area (TPSA) is 0 Å². The van der Waals surface area contributed by atoms with Crippen molar-refractivity contribution in [3.8, 4) is 0 Å². The summed E-state index contributed by atoms with van der Waals surface area (Å²) in [5.41, 5.74) is 10.2. The predicted molar refractivity (Wildman–Crippen MR) is 175 cm³/mol. The van der Waals surface area contributed by atoms with E-state index in [4.69, 9.17) is 0 Å². The Hall–Kier alpha value is -3.25. The lowest BCUT2D eigenvalue weighted by atomic mass is 9.23. The molecule has 5 rings (SSSR count). The average molecular weight is 496 g/mol. The van der Waals surface area contributed by atoms with Gasteiger partial charge in [0.2, 0.25) is 0 Å². The largest absolute Gasteiger partial charge is 0.169 e. The van der Waals surface area contributed by atoms with Gasteiger partial charge in [0.05, 0.1) is 0 Å². The highest BCUT2D eigenvalue weighted by Gasteiger charge is 2.25. The quantitative estimate of drug-likeness (QED) is 0.224. The van der Waals surface area contributed by atoms with Crippen molar-refractivity contribution in [3.05, 3.63) is 119 Å². The molecule has 0 saturated carbocycles. The third-order valence-electron chi connectivity index (χ3n) is 8.26. The summed E-state index contributed by atoms with van der Waals surface area (Å²) in [5, 5.41) is 2.77. The maximum absolute atomic E-state index is 2.34. The molecule has 192 valence electrons. The Morgan fingerprint density at radius 2 is 1.39 bits per heavy atom. The average Bonchev–Trinajstić information content (AvgIpc) is 2.96. The molecule has 0 atom stereocenters. The molecule has 4 aromatic rings. The van der Waals surface area contributed by atoms with Gasteiger partial charge >= 0.3 is 0 Å². The minimum absolute atomic E-state index is 0.583. The molecule has 0 nitrogen and oxygen atoms in total. The molecule has 0 bridgehead atoms. The highest BCUT2D eigenvalue weighted by atomic mass is 14.1. The third kappa shape index (κ3) is 6.41. The van der Waals surface area contributed by atoms with Gasteiger partial charge in [0.1, 0.15) is 0 Å². The highest BCUT2D eigenvalue weighted by molar-refractivity contribution is 6.91. The van der Waals surface area contributed by atoms with E-state index in [1.165, 1.54) is 81.2 Å². The maximum Gasteiger partial charge on any atom is 0.169 e. The van der Waals surface area contributed by atoms with Crippen molar-refractivity contribution in [2.24, 2.45) is 0 Å². The van der Waals surface area contributed by atoms with Gasteiger partial charge in [0, 0.05) is 0 Å². The molecule has 0 fully saturated rings. The van der Waals surface area contributed by atoms with Crippen molar-refractivity contribution in [2.75, 3.05) is 0 Å². The Bertz CT molecular complexity index is 1410. The zero-order valence-corrected chi connectivity index (χ0v) is 24.0. The van der Waals surface area contributed by atoms with Gasteiger partial charge in [-0.3, -0.25) is 0 Å². The second-order valence-corrected chi connectivity index (χ2v) is 10.7. The molecule has 4 aromatic carbocycles. The van der Waals surface area contributed by atoms with Gasteiger partial charge in [0.25, 0.3) is 0 Å². The Morgan fingerprint density at radius 1 is 0.737 bits per heavy atom. The second-order valence-electron chi connectivity index (χ2n) is 10.7. The first-order chi connectivity index (χ1) is 18.6. The first-order valence-corrected chi connectivity index (χ1v) is 14.5. The molecular formula is C36H42B2. The lowest BCUT2D eigenvalue weighted by molar-refractivity contribution is 0.975. The fourth-order valence-electron chi connectivity index (χ4n) is 6.11. The minimum atomic E-state index is 0.583. The molecule has 0 unspecified atom stereocenters. The fraction of sp³-hybridized carbons (Fsp3) is 0.278. The molecule has 0 amide bonds. The van der Waals surface area contributed by atoms with Crippen LogP contribution in [0.25, 0.3) is 22.4 Å². The van der Waals surface area contributed by atoms with E-state index in [-0.39, 0.29) is 0 Å². The van der Waals surface area contributed by atoms with Crippen molar-refractivity contribution in [3.63, 3.8) is 0 Å². The molecule has 38 heavy (non-hydrogen) atoms. The van der Waals surface area contributed by atoms with Crippen LogP contribution in [0.1, 0.15) is 56.4 Å². The number of hydrogen-bond acceptors (Lipinski definition) is 0. The lowest BCUT2D eigenvalue weighted by Crippen LogP contribution is -2.41. The van der Waals surface area contributed by atoms with Crippen molar-refractivity contribution in [1.82, 2.24) is 0 Å². The van der Waals surface area contributed by atoms with Crippen LogP contribution in [-0.2, 0) is 6.42 Å². The number of benzene rings is 4. The fourth-order valence-corrected chi connectivity index (χ4v) is 6.11. The summed E-state index contributed by atoms with van der Waals surface area (Å²) in [6.45, 7) is 12.4. The summed E-state index contributed by atoms with van der Waals surface area (Å²) >= 11 is 0. The van der Waals surface area contributed by atoms with Crippen LogP contribution >= 0.6 is 0 Å². The van der Waals surface area contributed by atoms with Crippen LogP contribution in [0.4, 0.5) is 0 Å². The van der Waals surface area contributed by atoms with E-state index in [1.807, 2.05) is 0 Å². The first-order valence-electron chi connectivity index (χ1n) is 14.5. The predicted octanol–water partition coefficient (Wildman–Crippen LogP) is 8.90. The number of aryl methyl sites for hydroxylation is 2. The molecule has 2 heteroatoms. The summed E-state index contributed by atoms with van der Waals surface area (Å²) in [7, 11) is 0. The van der Waals surface area contributed by atoms with Gasteiger partial charge in [-0.05, 0) is 72.2 Å². The third-order valence-corrected chi connectivity index (χ3v) is 8.26. The van der Waals surface area contributed by atoms with Gasteiger partial charge in [-0.15, -0.1) is 0 Å². The van der Waals surface area contributed by atoms with E-state index in [0.29, 0.717) is 13.4 Å². The Labute approximate surface area is 232 Å². The Balaban J connectivity index is 0.000000253. The summed E-state index contributed by atoms with van der Waals surface area (Å²) < 4.78 is 0. The zero-order valence-electron chi connectivity index (χ0n) is 24.0. The van der Waals surface area contributed by atoms with Crippen molar-refractivity contribution >= 4 is 46.8 Å². The molecule has 0 aliphatic heterocycles. The van der Waals surface area contributed by atoms with Crippen molar-refractivity contribution < 1.29 is 0 Å². The van der Waals surface area contributed by atoms with E-state index in [9.17, 15) is 0 Å². The van der Waals surface area contributed by atoms with Gasteiger partial charge in [-0.1, -0.05) is 147 Å². The lowest BCUT2D eigenvalue weighted by Gasteiger charge is -2.22. The number of hydrogen-bond donors (Lipinski definition) is 0. The molecule has 0 heterocycles. The monoisotopic (exact) mass is 496 g/mol. The summed E-state index contributed by atoms with van der Waals surface area (Å²) in [6, 6.07) is 31.1. The van der Waals surface area contributed by atoms with E-state index in [0.717, 1.165) is 0 Å². The molecule has 0 aromatic heterocycles. The molecule has 0 spiro atoms. The van der Waals surface area contributed by atoms with E-state index < -0.39 is 0 Å². The zero-order chi connectivity index (χ0) is 26.9. The normalized spacial score (nSPS) is 12.5. The standard InChI is InChI=1S/C25H30B2.C11H12/c1-5-12-22-20(4)13-10-17-24(22)26(6-2)19-27(7-3)25-18-11-15-21-14-8-9-16-23(21)25;1-9-5-4-7-10-6-2-3-8-11(9)10/h5,8-18H,6-7,19H2,1-4H3;2-3,5-6,8H,4,7H2,1H3/b12-5-;. The van der Waals surface area contributed by atoms with Crippen LogP contribution < -0.4 is 10.9 Å². The molecular weight excluding hydrogens is 454 g/mol. The molecule has 1 aliphatic rings. The summed E-state index contributed by atoms with van der Waals surface area (Å²) in [4.78, 5) is 0.